The maximum absolute atomic E-state index is 13.5. The summed E-state index contributed by atoms with van der Waals surface area (Å²) in [6.45, 7) is 1.04. The van der Waals surface area contributed by atoms with Crippen LogP contribution in [0.3, 0.4) is 0 Å². The maximum atomic E-state index is 13.5. The Hall–Kier alpha value is -2.82. The van der Waals surface area contributed by atoms with Crippen molar-refractivity contribution in [3.8, 4) is 17.2 Å². The van der Waals surface area contributed by atoms with Gasteiger partial charge in [0.05, 0.1) is 5.56 Å². The van der Waals surface area contributed by atoms with Crippen molar-refractivity contribution in [2.45, 2.75) is 0 Å². The second kappa shape index (κ2) is 5.89. The Bertz CT molecular complexity index is 753. The summed E-state index contributed by atoms with van der Waals surface area (Å²) < 4.78 is 24.4. The first-order chi connectivity index (χ1) is 10.7. The largest absolute Gasteiger partial charge is 0.504 e. The summed E-state index contributed by atoms with van der Waals surface area (Å²) in [6, 6.07) is 8.06. The molecule has 2 aromatic carbocycles. The van der Waals surface area contributed by atoms with Crippen LogP contribution in [0, 0.1) is 5.82 Å². The molecule has 1 N–H and O–H groups in total. The number of carbonyl (C=O) groups excluding carboxylic acids is 1. The molecule has 0 saturated heterocycles. The van der Waals surface area contributed by atoms with E-state index in [2.05, 4.69) is 0 Å². The van der Waals surface area contributed by atoms with Gasteiger partial charge in [0, 0.05) is 0 Å². The third kappa shape index (κ3) is 2.79. The highest BCUT2D eigenvalue weighted by Gasteiger charge is 2.11. The highest BCUT2D eigenvalue weighted by atomic mass is 19.1. The van der Waals surface area contributed by atoms with Crippen molar-refractivity contribution in [1.82, 2.24) is 0 Å². The lowest BCUT2D eigenvalue weighted by Crippen LogP contribution is -2.15. The zero-order chi connectivity index (χ0) is 15.5. The van der Waals surface area contributed by atoms with Crippen LogP contribution in [-0.2, 0) is 0 Å². The minimum atomic E-state index is -0.827. The van der Waals surface area contributed by atoms with Crippen LogP contribution >= 0.6 is 0 Å². The van der Waals surface area contributed by atoms with Gasteiger partial charge in [0.25, 0.3) is 0 Å². The van der Waals surface area contributed by atoms with Crippen LogP contribution in [0.4, 0.5) is 4.39 Å². The van der Waals surface area contributed by atoms with E-state index in [4.69, 9.17) is 9.47 Å². The summed E-state index contributed by atoms with van der Waals surface area (Å²) in [7, 11) is 0. The molecular weight excluding hydrogens is 287 g/mol. The number of rotatable bonds is 3. The fourth-order valence-corrected chi connectivity index (χ4v) is 2.18. The van der Waals surface area contributed by atoms with Crippen LogP contribution < -0.4 is 9.47 Å². The van der Waals surface area contributed by atoms with E-state index in [1.54, 1.807) is 12.2 Å². The van der Waals surface area contributed by atoms with E-state index in [0.29, 0.717) is 36.6 Å². The molecule has 5 heteroatoms. The van der Waals surface area contributed by atoms with E-state index in [-0.39, 0.29) is 5.56 Å². The predicted octanol–water partition coefficient (Wildman–Crippen LogP) is 3.29. The zero-order valence-electron chi connectivity index (χ0n) is 11.6. The van der Waals surface area contributed by atoms with Crippen LogP contribution in [0.2, 0.25) is 0 Å². The molecule has 0 spiro atoms. The van der Waals surface area contributed by atoms with Crippen molar-refractivity contribution in [1.29, 1.82) is 0 Å². The van der Waals surface area contributed by atoms with Crippen molar-refractivity contribution in [3.63, 3.8) is 0 Å². The number of ether oxygens (including phenoxy) is 2. The van der Waals surface area contributed by atoms with Crippen LogP contribution in [0.5, 0.6) is 17.2 Å². The Kier molecular flexibility index (Phi) is 3.78. The molecule has 0 aliphatic carbocycles. The summed E-state index contributed by atoms with van der Waals surface area (Å²) in [6.07, 6.45) is 3.83. The molecule has 0 fully saturated rings. The molecule has 0 bridgehead atoms. The van der Waals surface area contributed by atoms with Crippen LogP contribution in [0.15, 0.2) is 30.3 Å². The Balaban J connectivity index is 1.88. The lowest BCUT2D eigenvalue weighted by atomic mass is 10.1. The highest BCUT2D eigenvalue weighted by Crippen LogP contribution is 2.31. The number of aromatic hydroxyl groups is 1. The van der Waals surface area contributed by atoms with Gasteiger partial charge in [-0.05, 0) is 35.4 Å². The lowest BCUT2D eigenvalue weighted by molar-refractivity contribution is 0.112. The van der Waals surface area contributed by atoms with Crippen LogP contribution in [-0.4, -0.2) is 24.6 Å². The molecule has 0 aromatic heterocycles. The number of hydrogen-bond donors (Lipinski definition) is 1. The molecule has 0 amide bonds. The molecule has 3 rings (SSSR count). The molecular formula is C17H13FO4. The van der Waals surface area contributed by atoms with Crippen molar-refractivity contribution >= 4 is 18.4 Å². The predicted molar refractivity (Wildman–Crippen MR) is 79.8 cm³/mol. The van der Waals surface area contributed by atoms with Gasteiger partial charge in [0.2, 0.25) is 0 Å². The molecule has 22 heavy (non-hydrogen) atoms. The van der Waals surface area contributed by atoms with Gasteiger partial charge in [-0.3, -0.25) is 4.79 Å². The molecule has 1 aliphatic rings. The number of hydrogen-bond acceptors (Lipinski definition) is 4. The fourth-order valence-electron chi connectivity index (χ4n) is 2.18. The molecule has 0 saturated carbocycles. The van der Waals surface area contributed by atoms with E-state index in [1.165, 1.54) is 6.07 Å². The highest BCUT2D eigenvalue weighted by molar-refractivity contribution is 5.82. The molecule has 1 aliphatic heterocycles. The first-order valence-corrected chi connectivity index (χ1v) is 6.73. The fraction of sp³-hybridized carbons (Fsp3) is 0.118. The number of fused-ring (bicyclic) bond motifs is 1. The first-order valence-electron chi connectivity index (χ1n) is 6.73. The summed E-state index contributed by atoms with van der Waals surface area (Å²) in [5.74, 6) is -0.0981. The number of carbonyl (C=O) groups is 1. The van der Waals surface area contributed by atoms with Crippen LogP contribution in [0.1, 0.15) is 21.5 Å². The minimum Gasteiger partial charge on any atom is -0.504 e. The van der Waals surface area contributed by atoms with E-state index in [0.717, 1.165) is 11.6 Å². The summed E-state index contributed by atoms with van der Waals surface area (Å²) in [5.41, 5.74) is 1.25. The zero-order valence-corrected chi connectivity index (χ0v) is 11.6. The molecule has 4 nitrogen and oxygen atoms in total. The van der Waals surface area contributed by atoms with Gasteiger partial charge >= 0.3 is 0 Å². The average molecular weight is 300 g/mol. The number of benzene rings is 2. The quantitative estimate of drug-likeness (QED) is 0.698. The van der Waals surface area contributed by atoms with Crippen molar-refractivity contribution in [3.05, 3.63) is 52.8 Å². The maximum Gasteiger partial charge on any atom is 0.166 e. The third-order valence-electron chi connectivity index (χ3n) is 3.28. The van der Waals surface area contributed by atoms with Gasteiger partial charge in [-0.1, -0.05) is 18.2 Å². The smallest absolute Gasteiger partial charge is 0.166 e. The normalized spacial score (nSPS) is 13.3. The summed E-state index contributed by atoms with van der Waals surface area (Å²) in [5, 5.41) is 9.38. The number of halogens is 1. The Labute approximate surface area is 126 Å². The standard InChI is InChI=1S/C17H13FO4/c18-14-8-12(7-13(10-19)17(14)20)2-1-11-3-4-15-16(9-11)22-6-5-21-15/h1-4,7-10,20H,5-6H2/b2-1+. The Morgan fingerprint density at radius 3 is 2.50 bits per heavy atom. The number of aldehydes is 1. The minimum absolute atomic E-state index is 0.0816. The van der Waals surface area contributed by atoms with Gasteiger partial charge in [-0.15, -0.1) is 0 Å². The SMILES string of the molecule is O=Cc1cc(/C=C/c2ccc3c(c2)OCCO3)cc(F)c1O. The van der Waals surface area contributed by atoms with Crippen LogP contribution in [0.25, 0.3) is 12.2 Å². The Morgan fingerprint density at radius 1 is 1.00 bits per heavy atom. The second-order valence-corrected chi connectivity index (χ2v) is 4.79. The van der Waals surface area contributed by atoms with E-state index >= 15 is 0 Å². The third-order valence-corrected chi connectivity index (χ3v) is 3.28. The Morgan fingerprint density at radius 2 is 1.73 bits per heavy atom. The molecule has 112 valence electrons. The van der Waals surface area contributed by atoms with Gasteiger partial charge in [0.1, 0.15) is 13.2 Å². The average Bonchev–Trinajstić information content (AvgIpc) is 2.55. The molecule has 0 radical (unpaired) electrons. The molecule has 1 heterocycles. The van der Waals surface area contributed by atoms with Crippen molar-refractivity contribution in [2.75, 3.05) is 13.2 Å². The second-order valence-electron chi connectivity index (χ2n) is 4.79. The molecule has 0 atom stereocenters. The van der Waals surface area contributed by atoms with E-state index in [9.17, 15) is 14.3 Å². The van der Waals surface area contributed by atoms with Gasteiger partial charge in [-0.2, -0.15) is 0 Å². The lowest BCUT2D eigenvalue weighted by Gasteiger charge is -2.18. The summed E-state index contributed by atoms with van der Waals surface area (Å²) >= 11 is 0. The van der Waals surface area contributed by atoms with Gasteiger partial charge in [0.15, 0.2) is 29.4 Å². The van der Waals surface area contributed by atoms with E-state index in [1.807, 2.05) is 18.2 Å². The monoisotopic (exact) mass is 300 g/mol. The number of phenolic OH excluding ortho intramolecular Hbond substituents is 1. The summed E-state index contributed by atoms with van der Waals surface area (Å²) in [4.78, 5) is 10.8. The topological polar surface area (TPSA) is 55.8 Å². The van der Waals surface area contributed by atoms with Gasteiger partial charge in [-0.25, -0.2) is 4.39 Å². The molecule has 2 aromatic rings. The van der Waals surface area contributed by atoms with Crippen molar-refractivity contribution in [2.24, 2.45) is 0 Å². The molecule has 0 unspecified atom stereocenters. The van der Waals surface area contributed by atoms with Crippen molar-refractivity contribution < 1.29 is 23.8 Å². The van der Waals surface area contributed by atoms with Gasteiger partial charge < -0.3 is 14.6 Å². The number of phenols is 1. The van der Waals surface area contributed by atoms with E-state index < -0.39 is 11.6 Å². The first kappa shape index (κ1) is 14.1.